The molecule has 2 rings (SSSR count). The van der Waals surface area contributed by atoms with Crippen molar-refractivity contribution in [2.24, 2.45) is 5.92 Å². The Morgan fingerprint density at radius 2 is 1.54 bits per heavy atom. The summed E-state index contributed by atoms with van der Waals surface area (Å²) in [5.74, 6) is 0.609. The van der Waals surface area contributed by atoms with E-state index < -0.39 is 43.0 Å². The van der Waals surface area contributed by atoms with E-state index >= 15 is 0 Å². The SMILES string of the molecule is CC(/C=C\c1ccco1)/C(=C\c1ccco1)C(O)[C@@H](O)[C@@H](O)[C@H](O)[C@@H](O)CO. The zero-order valence-corrected chi connectivity index (χ0v) is 15.4. The van der Waals surface area contributed by atoms with Crippen molar-refractivity contribution >= 4 is 12.2 Å². The van der Waals surface area contributed by atoms with Gasteiger partial charge < -0.3 is 39.5 Å². The van der Waals surface area contributed by atoms with Crippen molar-refractivity contribution < 1.29 is 39.5 Å². The number of hydrogen-bond acceptors (Lipinski definition) is 8. The van der Waals surface area contributed by atoms with Crippen LogP contribution < -0.4 is 0 Å². The summed E-state index contributed by atoms with van der Waals surface area (Å²) >= 11 is 0. The molecule has 154 valence electrons. The van der Waals surface area contributed by atoms with Crippen LogP contribution in [0.4, 0.5) is 0 Å². The average molecular weight is 394 g/mol. The molecule has 2 aromatic rings. The molecule has 2 heterocycles. The summed E-state index contributed by atoms with van der Waals surface area (Å²) in [6.07, 6.45) is -0.882. The van der Waals surface area contributed by atoms with Gasteiger partial charge in [0.15, 0.2) is 0 Å². The fraction of sp³-hybridized carbons (Fsp3) is 0.400. The highest BCUT2D eigenvalue weighted by Gasteiger charge is 2.36. The molecule has 0 aliphatic heterocycles. The lowest BCUT2D eigenvalue weighted by Gasteiger charge is -2.30. The van der Waals surface area contributed by atoms with Crippen molar-refractivity contribution in [2.75, 3.05) is 6.61 Å². The molecule has 0 saturated carbocycles. The van der Waals surface area contributed by atoms with Crippen LogP contribution in [0.25, 0.3) is 12.2 Å². The van der Waals surface area contributed by atoms with Crippen molar-refractivity contribution in [2.45, 2.75) is 37.4 Å². The molecule has 28 heavy (non-hydrogen) atoms. The Labute approximate surface area is 162 Å². The molecule has 0 bridgehead atoms. The second-order valence-corrected chi connectivity index (χ2v) is 6.49. The predicted octanol–water partition coefficient (Wildman–Crippen LogP) is 0.402. The minimum atomic E-state index is -1.89. The molecule has 2 aromatic heterocycles. The molecule has 6 N–H and O–H groups in total. The maximum atomic E-state index is 10.6. The summed E-state index contributed by atoms with van der Waals surface area (Å²) in [5, 5.41) is 59.2. The van der Waals surface area contributed by atoms with E-state index in [0.29, 0.717) is 17.1 Å². The summed E-state index contributed by atoms with van der Waals surface area (Å²) in [6.45, 7) is 0.952. The van der Waals surface area contributed by atoms with Gasteiger partial charge in [0, 0.05) is 0 Å². The van der Waals surface area contributed by atoms with Gasteiger partial charge in [0.2, 0.25) is 0 Å². The summed E-state index contributed by atoms with van der Waals surface area (Å²) in [6, 6.07) is 6.79. The van der Waals surface area contributed by atoms with Gasteiger partial charge in [-0.25, -0.2) is 0 Å². The summed E-state index contributed by atoms with van der Waals surface area (Å²) in [7, 11) is 0. The molecule has 0 aliphatic rings. The van der Waals surface area contributed by atoms with Crippen LogP contribution in [0, 0.1) is 5.92 Å². The van der Waals surface area contributed by atoms with Gasteiger partial charge in [-0.05, 0) is 47.9 Å². The van der Waals surface area contributed by atoms with Gasteiger partial charge in [0.25, 0.3) is 0 Å². The van der Waals surface area contributed by atoms with E-state index in [1.165, 1.54) is 18.6 Å². The van der Waals surface area contributed by atoms with Crippen LogP contribution in [0.3, 0.4) is 0 Å². The normalized spacial score (nSPS) is 19.3. The number of rotatable bonds is 10. The van der Waals surface area contributed by atoms with Crippen molar-refractivity contribution in [3.05, 3.63) is 60.0 Å². The smallest absolute Gasteiger partial charge is 0.126 e. The topological polar surface area (TPSA) is 148 Å². The number of furan rings is 2. The first-order chi connectivity index (χ1) is 13.3. The fourth-order valence-corrected chi connectivity index (χ4v) is 2.68. The maximum Gasteiger partial charge on any atom is 0.126 e. The average Bonchev–Trinajstić information content (AvgIpc) is 3.41. The van der Waals surface area contributed by atoms with Gasteiger partial charge in [-0.3, -0.25) is 0 Å². The quantitative estimate of drug-likeness (QED) is 0.339. The van der Waals surface area contributed by atoms with E-state index in [1.807, 2.05) is 0 Å². The fourth-order valence-electron chi connectivity index (χ4n) is 2.68. The number of hydrogen-bond donors (Lipinski definition) is 6. The Bertz CT molecular complexity index is 734. The molecule has 0 spiro atoms. The van der Waals surface area contributed by atoms with Crippen molar-refractivity contribution in [3.63, 3.8) is 0 Å². The first-order valence-electron chi connectivity index (χ1n) is 8.83. The van der Waals surface area contributed by atoms with Crippen molar-refractivity contribution in [1.29, 1.82) is 0 Å². The lowest BCUT2D eigenvalue weighted by atomic mass is 9.88. The van der Waals surface area contributed by atoms with Crippen LogP contribution in [0.2, 0.25) is 0 Å². The molecule has 6 atom stereocenters. The van der Waals surface area contributed by atoms with Gasteiger partial charge in [-0.1, -0.05) is 13.0 Å². The van der Waals surface area contributed by atoms with Crippen molar-refractivity contribution in [3.8, 4) is 0 Å². The maximum absolute atomic E-state index is 10.6. The Balaban J connectivity index is 2.25. The molecular weight excluding hydrogens is 368 g/mol. The first-order valence-corrected chi connectivity index (χ1v) is 8.83. The van der Waals surface area contributed by atoms with E-state index in [2.05, 4.69) is 0 Å². The highest BCUT2D eigenvalue weighted by Crippen LogP contribution is 2.25. The highest BCUT2D eigenvalue weighted by atomic mass is 16.4. The van der Waals surface area contributed by atoms with Crippen LogP contribution in [0.1, 0.15) is 18.4 Å². The van der Waals surface area contributed by atoms with E-state index in [9.17, 15) is 25.5 Å². The van der Waals surface area contributed by atoms with Crippen LogP contribution in [0.15, 0.2) is 57.3 Å². The molecule has 2 unspecified atom stereocenters. The predicted molar refractivity (Wildman–Crippen MR) is 101 cm³/mol. The molecule has 8 nitrogen and oxygen atoms in total. The lowest BCUT2D eigenvalue weighted by molar-refractivity contribution is -0.135. The molecule has 0 amide bonds. The van der Waals surface area contributed by atoms with E-state index in [1.54, 1.807) is 43.3 Å². The Morgan fingerprint density at radius 3 is 2.07 bits per heavy atom. The highest BCUT2D eigenvalue weighted by molar-refractivity contribution is 5.52. The standard InChI is InChI=1S/C20H26O8/c1-12(6-7-13-4-2-8-27-13)15(10-14-5-3-9-28-14)17(23)19(25)20(26)18(24)16(22)11-21/h2-10,12,16-26H,11H2,1H3/b7-6-,15-10+/t12?,16-,17?,18+,19+,20-/m0/s1. The van der Waals surface area contributed by atoms with E-state index in [-0.39, 0.29) is 0 Å². The number of aliphatic hydroxyl groups is 6. The molecule has 0 aliphatic carbocycles. The third-order valence-electron chi connectivity index (χ3n) is 4.42. The summed E-state index contributed by atoms with van der Waals surface area (Å²) in [4.78, 5) is 0. The monoisotopic (exact) mass is 394 g/mol. The van der Waals surface area contributed by atoms with E-state index in [4.69, 9.17) is 13.9 Å². The van der Waals surface area contributed by atoms with Gasteiger partial charge in [0.05, 0.1) is 19.1 Å². The van der Waals surface area contributed by atoms with Crippen LogP contribution >= 0.6 is 0 Å². The molecule has 0 radical (unpaired) electrons. The minimum Gasteiger partial charge on any atom is -0.465 e. The summed E-state index contributed by atoms with van der Waals surface area (Å²) in [5.41, 5.74) is 0.301. The summed E-state index contributed by atoms with van der Waals surface area (Å²) < 4.78 is 10.5. The van der Waals surface area contributed by atoms with Crippen LogP contribution in [0.5, 0.6) is 0 Å². The second-order valence-electron chi connectivity index (χ2n) is 6.49. The molecule has 0 saturated heterocycles. The van der Waals surface area contributed by atoms with Crippen LogP contribution in [-0.2, 0) is 0 Å². The Hall–Kier alpha value is -2.20. The van der Waals surface area contributed by atoms with Crippen LogP contribution in [-0.4, -0.2) is 67.8 Å². The van der Waals surface area contributed by atoms with Gasteiger partial charge in [-0.2, -0.15) is 0 Å². The molecular formula is C20H26O8. The Kier molecular flexibility index (Phi) is 8.18. The largest absolute Gasteiger partial charge is 0.465 e. The molecule has 8 heteroatoms. The van der Waals surface area contributed by atoms with Crippen molar-refractivity contribution in [1.82, 2.24) is 0 Å². The van der Waals surface area contributed by atoms with Gasteiger partial charge >= 0.3 is 0 Å². The first kappa shape index (κ1) is 22.1. The lowest BCUT2D eigenvalue weighted by Crippen LogP contribution is -2.50. The molecule has 0 aromatic carbocycles. The Morgan fingerprint density at radius 1 is 0.929 bits per heavy atom. The third kappa shape index (κ3) is 5.65. The zero-order chi connectivity index (χ0) is 20.7. The van der Waals surface area contributed by atoms with Gasteiger partial charge in [-0.15, -0.1) is 0 Å². The number of aliphatic hydroxyl groups excluding tert-OH is 6. The minimum absolute atomic E-state index is 0.301. The number of allylic oxidation sites excluding steroid dienone is 1. The zero-order valence-electron chi connectivity index (χ0n) is 15.4. The molecule has 0 fully saturated rings. The second kappa shape index (κ2) is 10.4. The van der Waals surface area contributed by atoms with E-state index in [0.717, 1.165) is 0 Å². The van der Waals surface area contributed by atoms with Gasteiger partial charge in [0.1, 0.15) is 42.0 Å². The third-order valence-corrected chi connectivity index (χ3v) is 4.42.